The first-order valence-corrected chi connectivity index (χ1v) is 14.4. The molecule has 0 atom stereocenters. The van der Waals surface area contributed by atoms with Crippen LogP contribution in [0.15, 0.2) is 60.8 Å². The van der Waals surface area contributed by atoms with Crippen molar-refractivity contribution in [3.63, 3.8) is 0 Å². The van der Waals surface area contributed by atoms with Crippen LogP contribution in [0.1, 0.15) is 56.0 Å². The van der Waals surface area contributed by atoms with E-state index < -0.39 is 0 Å². The fraction of sp³-hybridized carbons (Fsp3) is 0.333. The molecule has 0 unspecified atom stereocenters. The smallest absolute Gasteiger partial charge is 0.324 e. The SMILES string of the molecule is COCC(=O)Nc1cc(Oc2ccc(NC(=O)Nc3cc(C(C)(C)C)nn3-c3ccc(C)cc3)c3c2CCCC3)ccn1. The lowest BCUT2D eigenvalue weighted by molar-refractivity contribution is -0.119. The predicted molar refractivity (Wildman–Crippen MR) is 168 cm³/mol. The number of ether oxygens (including phenoxy) is 2. The second-order valence-corrected chi connectivity index (χ2v) is 11.7. The molecule has 0 bridgehead atoms. The van der Waals surface area contributed by atoms with Crippen LogP contribution in [0, 0.1) is 6.92 Å². The van der Waals surface area contributed by atoms with E-state index in [4.69, 9.17) is 14.6 Å². The van der Waals surface area contributed by atoms with E-state index in [0.29, 0.717) is 23.1 Å². The summed E-state index contributed by atoms with van der Waals surface area (Å²) in [5.41, 5.74) is 5.57. The van der Waals surface area contributed by atoms with Crippen LogP contribution < -0.4 is 20.7 Å². The van der Waals surface area contributed by atoms with Gasteiger partial charge >= 0.3 is 6.03 Å². The van der Waals surface area contributed by atoms with Crippen molar-refractivity contribution in [2.45, 2.75) is 58.8 Å². The number of nitrogens with one attached hydrogen (secondary N) is 3. The average molecular weight is 583 g/mol. The summed E-state index contributed by atoms with van der Waals surface area (Å²) in [6.45, 7) is 8.26. The Morgan fingerprint density at radius 2 is 1.67 bits per heavy atom. The number of benzene rings is 2. The second-order valence-electron chi connectivity index (χ2n) is 11.7. The molecule has 43 heavy (non-hydrogen) atoms. The molecule has 0 aliphatic heterocycles. The first kappa shape index (κ1) is 29.8. The van der Waals surface area contributed by atoms with Crippen LogP contribution in [-0.4, -0.2) is 40.4 Å². The molecule has 0 spiro atoms. The Hall–Kier alpha value is -4.70. The first-order valence-electron chi connectivity index (χ1n) is 14.4. The van der Waals surface area contributed by atoms with Gasteiger partial charge < -0.3 is 20.1 Å². The predicted octanol–water partition coefficient (Wildman–Crippen LogP) is 6.77. The van der Waals surface area contributed by atoms with Gasteiger partial charge in [-0.1, -0.05) is 38.5 Å². The number of methoxy groups -OCH3 is 1. The largest absolute Gasteiger partial charge is 0.457 e. The van der Waals surface area contributed by atoms with E-state index in [1.54, 1.807) is 23.0 Å². The van der Waals surface area contributed by atoms with Gasteiger partial charge in [-0.25, -0.2) is 14.5 Å². The Morgan fingerprint density at radius 3 is 2.40 bits per heavy atom. The van der Waals surface area contributed by atoms with Crippen molar-refractivity contribution >= 4 is 29.3 Å². The third-order valence-electron chi connectivity index (χ3n) is 7.24. The standard InChI is InChI=1S/C33H38N6O4/c1-21-10-12-22(13-11-21)39-30(19-28(38-39)33(2,3)4)37-32(41)35-26-14-15-27(25-9-7-6-8-24(25)26)43-23-16-17-34-29(18-23)36-31(40)20-42-5/h10-19H,6-9,20H2,1-5H3,(H,34,36,40)(H2,35,37,41). The maximum absolute atomic E-state index is 13.4. The summed E-state index contributed by atoms with van der Waals surface area (Å²) >= 11 is 0. The second kappa shape index (κ2) is 12.7. The molecule has 5 rings (SSSR count). The van der Waals surface area contributed by atoms with Crippen molar-refractivity contribution in [1.29, 1.82) is 0 Å². The van der Waals surface area contributed by atoms with E-state index in [2.05, 4.69) is 41.7 Å². The van der Waals surface area contributed by atoms with Gasteiger partial charge in [0.1, 0.15) is 29.7 Å². The van der Waals surface area contributed by atoms with Gasteiger partial charge in [0.15, 0.2) is 0 Å². The minimum Gasteiger partial charge on any atom is -0.457 e. The van der Waals surface area contributed by atoms with Gasteiger partial charge in [0.2, 0.25) is 0 Å². The fourth-order valence-corrected chi connectivity index (χ4v) is 5.02. The Labute approximate surface area is 251 Å². The van der Waals surface area contributed by atoms with E-state index in [9.17, 15) is 9.59 Å². The van der Waals surface area contributed by atoms with E-state index in [1.165, 1.54) is 7.11 Å². The summed E-state index contributed by atoms with van der Waals surface area (Å²) in [5.74, 6) is 1.94. The van der Waals surface area contributed by atoms with Crippen molar-refractivity contribution in [2.75, 3.05) is 29.7 Å². The Balaban J connectivity index is 1.36. The third-order valence-corrected chi connectivity index (χ3v) is 7.24. The molecule has 2 aromatic heterocycles. The van der Waals surface area contributed by atoms with Crippen LogP contribution in [-0.2, 0) is 27.8 Å². The number of aromatic nitrogens is 3. The van der Waals surface area contributed by atoms with Crippen LogP contribution >= 0.6 is 0 Å². The zero-order chi connectivity index (χ0) is 30.6. The minimum absolute atomic E-state index is 0.0612. The molecule has 10 heteroatoms. The molecule has 2 heterocycles. The number of carbonyl (C=O) groups is 2. The highest BCUT2D eigenvalue weighted by Gasteiger charge is 2.23. The molecule has 224 valence electrons. The van der Waals surface area contributed by atoms with Crippen LogP contribution in [0.5, 0.6) is 11.5 Å². The van der Waals surface area contributed by atoms with Crippen molar-refractivity contribution in [3.8, 4) is 17.2 Å². The fourth-order valence-electron chi connectivity index (χ4n) is 5.02. The summed E-state index contributed by atoms with van der Waals surface area (Å²) in [5, 5.41) is 13.6. The highest BCUT2D eigenvalue weighted by atomic mass is 16.5. The molecule has 1 aliphatic rings. The van der Waals surface area contributed by atoms with Crippen LogP contribution in [0.3, 0.4) is 0 Å². The van der Waals surface area contributed by atoms with Crippen molar-refractivity contribution in [2.24, 2.45) is 0 Å². The molecule has 0 radical (unpaired) electrons. The maximum atomic E-state index is 13.4. The Morgan fingerprint density at radius 1 is 0.930 bits per heavy atom. The highest BCUT2D eigenvalue weighted by molar-refractivity contribution is 6.00. The molecule has 10 nitrogen and oxygen atoms in total. The van der Waals surface area contributed by atoms with E-state index in [0.717, 1.165) is 59.4 Å². The zero-order valence-electron chi connectivity index (χ0n) is 25.3. The molecule has 3 N–H and O–H groups in total. The first-order chi connectivity index (χ1) is 20.6. The molecule has 0 saturated heterocycles. The van der Waals surface area contributed by atoms with E-state index >= 15 is 0 Å². The monoisotopic (exact) mass is 582 g/mol. The molecular formula is C33H38N6O4. The molecule has 1 aliphatic carbocycles. The molecule has 4 aromatic rings. The van der Waals surface area contributed by atoms with Gasteiger partial charge in [0.05, 0.1) is 11.4 Å². The normalized spacial score (nSPS) is 12.8. The van der Waals surface area contributed by atoms with Gasteiger partial charge in [0.25, 0.3) is 5.91 Å². The van der Waals surface area contributed by atoms with Gasteiger partial charge in [0, 0.05) is 42.1 Å². The van der Waals surface area contributed by atoms with Crippen molar-refractivity contribution in [1.82, 2.24) is 14.8 Å². The lowest BCUT2D eigenvalue weighted by Crippen LogP contribution is -2.23. The molecule has 0 saturated carbocycles. The van der Waals surface area contributed by atoms with Crippen LogP contribution in [0.2, 0.25) is 0 Å². The van der Waals surface area contributed by atoms with Gasteiger partial charge in [-0.15, -0.1) is 0 Å². The Kier molecular flexibility index (Phi) is 8.77. The average Bonchev–Trinajstić information content (AvgIpc) is 3.39. The number of hydrogen-bond donors (Lipinski definition) is 3. The third kappa shape index (κ3) is 7.21. The Bertz CT molecular complexity index is 1620. The number of fused-ring (bicyclic) bond motifs is 1. The molecule has 3 amide bonds. The van der Waals surface area contributed by atoms with Crippen molar-refractivity contribution in [3.05, 3.63) is 83.2 Å². The van der Waals surface area contributed by atoms with Gasteiger partial charge in [-0.05, 0) is 68.5 Å². The quantitative estimate of drug-likeness (QED) is 0.211. The summed E-state index contributed by atoms with van der Waals surface area (Å²) < 4.78 is 12.9. The lowest BCUT2D eigenvalue weighted by Gasteiger charge is -2.23. The van der Waals surface area contributed by atoms with Gasteiger partial charge in [-0.2, -0.15) is 5.10 Å². The number of hydrogen-bond acceptors (Lipinski definition) is 6. The summed E-state index contributed by atoms with van der Waals surface area (Å²) in [4.78, 5) is 29.5. The summed E-state index contributed by atoms with van der Waals surface area (Å²) in [6, 6.07) is 16.8. The zero-order valence-corrected chi connectivity index (χ0v) is 25.3. The maximum Gasteiger partial charge on any atom is 0.324 e. The molecular weight excluding hydrogens is 544 g/mol. The van der Waals surface area contributed by atoms with Gasteiger partial charge in [-0.3, -0.25) is 10.1 Å². The number of rotatable bonds is 8. The number of pyridine rings is 1. The lowest BCUT2D eigenvalue weighted by atomic mass is 9.89. The van der Waals surface area contributed by atoms with Crippen LogP contribution in [0.25, 0.3) is 5.69 Å². The molecule has 2 aromatic carbocycles. The van der Waals surface area contributed by atoms with E-state index in [-0.39, 0.29) is 24.0 Å². The number of aryl methyl sites for hydroxylation is 1. The summed E-state index contributed by atoms with van der Waals surface area (Å²) in [7, 11) is 1.46. The summed E-state index contributed by atoms with van der Waals surface area (Å²) in [6.07, 6.45) is 5.29. The number of anilines is 3. The topological polar surface area (TPSA) is 119 Å². The van der Waals surface area contributed by atoms with Crippen molar-refractivity contribution < 1.29 is 19.1 Å². The van der Waals surface area contributed by atoms with Crippen LogP contribution in [0.4, 0.5) is 22.1 Å². The number of carbonyl (C=O) groups excluding carboxylic acids is 2. The number of urea groups is 1. The van der Waals surface area contributed by atoms with E-state index in [1.807, 2.05) is 49.4 Å². The highest BCUT2D eigenvalue weighted by Crippen LogP contribution is 2.37. The molecule has 0 fully saturated rings. The minimum atomic E-state index is -0.347. The number of amides is 3. The number of nitrogens with zero attached hydrogens (tertiary/aromatic N) is 3.